The summed E-state index contributed by atoms with van der Waals surface area (Å²) in [5.41, 5.74) is 3.33. The van der Waals surface area contributed by atoms with Crippen molar-refractivity contribution in [3.63, 3.8) is 0 Å². The van der Waals surface area contributed by atoms with E-state index in [4.69, 9.17) is 4.42 Å². The molecule has 2 aromatic carbocycles. The molecule has 3 aromatic rings. The SMILES string of the molecule is CN(C)CCNc1c2c(c(NCCN(C)C)c3oc(C(C)(C)C)cc13)C(=O)c1ccccc1C2=O.Cl.Cl. The van der Waals surface area contributed by atoms with Crippen LogP contribution in [0.2, 0.25) is 0 Å². The monoisotopic (exact) mass is 548 g/mol. The van der Waals surface area contributed by atoms with Crippen LogP contribution in [0.25, 0.3) is 11.0 Å². The zero-order valence-corrected chi connectivity index (χ0v) is 24.3. The Bertz CT molecular complexity index is 1200. The third-order valence-electron chi connectivity index (χ3n) is 6.31. The highest BCUT2D eigenvalue weighted by Gasteiger charge is 2.37. The summed E-state index contributed by atoms with van der Waals surface area (Å²) in [5.74, 6) is 0.506. The Morgan fingerprint density at radius 2 is 1.24 bits per heavy atom. The number of carbonyl (C=O) groups is 2. The van der Waals surface area contributed by atoms with E-state index in [1.54, 1.807) is 24.3 Å². The topological polar surface area (TPSA) is 77.8 Å². The summed E-state index contributed by atoms with van der Waals surface area (Å²) >= 11 is 0. The van der Waals surface area contributed by atoms with Crippen molar-refractivity contribution in [2.45, 2.75) is 26.2 Å². The summed E-state index contributed by atoms with van der Waals surface area (Å²) in [6.07, 6.45) is 0. The van der Waals surface area contributed by atoms with E-state index in [9.17, 15) is 9.59 Å². The minimum Gasteiger partial charge on any atom is -0.458 e. The highest BCUT2D eigenvalue weighted by Crippen LogP contribution is 2.45. The number of nitrogens with zero attached hydrogens (tertiary/aromatic N) is 2. The molecule has 7 nitrogen and oxygen atoms in total. The molecule has 0 saturated heterocycles. The van der Waals surface area contributed by atoms with E-state index in [0.717, 1.165) is 24.2 Å². The first kappa shape index (κ1) is 30.6. The number of anilines is 2. The smallest absolute Gasteiger partial charge is 0.196 e. The van der Waals surface area contributed by atoms with Crippen LogP contribution in [0, 0.1) is 0 Å². The molecular weight excluding hydrogens is 511 g/mol. The molecule has 4 rings (SSSR count). The maximum Gasteiger partial charge on any atom is 0.196 e. The van der Waals surface area contributed by atoms with Crippen LogP contribution in [-0.4, -0.2) is 75.7 Å². The molecule has 1 aliphatic carbocycles. The number of benzene rings is 2. The van der Waals surface area contributed by atoms with Crippen LogP contribution in [0.3, 0.4) is 0 Å². The van der Waals surface area contributed by atoms with Gasteiger partial charge < -0.3 is 24.9 Å². The summed E-state index contributed by atoms with van der Waals surface area (Å²) in [5, 5.41) is 7.76. The lowest BCUT2D eigenvalue weighted by Gasteiger charge is -2.25. The fourth-order valence-corrected chi connectivity index (χ4v) is 4.39. The Labute approximate surface area is 231 Å². The second-order valence-corrected chi connectivity index (χ2v) is 10.8. The van der Waals surface area contributed by atoms with E-state index < -0.39 is 0 Å². The molecule has 2 N–H and O–H groups in total. The maximum absolute atomic E-state index is 13.9. The molecule has 0 saturated carbocycles. The first-order valence-corrected chi connectivity index (χ1v) is 12.1. The van der Waals surface area contributed by atoms with Gasteiger partial charge in [-0.2, -0.15) is 0 Å². The second kappa shape index (κ2) is 11.9. The Kier molecular flexibility index (Phi) is 9.82. The highest BCUT2D eigenvalue weighted by atomic mass is 35.5. The van der Waals surface area contributed by atoms with Gasteiger partial charge >= 0.3 is 0 Å². The molecule has 0 atom stereocenters. The van der Waals surface area contributed by atoms with Gasteiger partial charge in [0.2, 0.25) is 0 Å². The van der Waals surface area contributed by atoms with E-state index in [1.165, 1.54) is 0 Å². The second-order valence-electron chi connectivity index (χ2n) is 10.8. The molecule has 37 heavy (non-hydrogen) atoms. The quantitative estimate of drug-likeness (QED) is 0.289. The molecule has 1 aromatic heterocycles. The standard InChI is InChI=1S/C28H36N4O3.2ClH/c1-28(2,3)20-16-19-23(29-12-14-31(4)5)21-22(24(27(19)35-20)30-13-15-32(6)7)26(34)18-11-9-8-10-17(18)25(21)33;;/h8-11,16,29-30H,12-15H2,1-7H3;2*1H. The lowest BCUT2D eigenvalue weighted by Crippen LogP contribution is -2.27. The van der Waals surface area contributed by atoms with Crippen molar-refractivity contribution in [3.05, 3.63) is 58.3 Å². The first-order chi connectivity index (χ1) is 16.5. The fraction of sp³-hybridized carbons (Fsp3) is 0.429. The molecule has 1 heterocycles. The van der Waals surface area contributed by atoms with Crippen LogP contribution in [0.5, 0.6) is 0 Å². The van der Waals surface area contributed by atoms with E-state index in [-0.39, 0.29) is 41.8 Å². The van der Waals surface area contributed by atoms with Crippen LogP contribution in [0.15, 0.2) is 34.7 Å². The van der Waals surface area contributed by atoms with Gasteiger partial charge in [-0.25, -0.2) is 0 Å². The number of carbonyl (C=O) groups excluding carboxylic acids is 2. The first-order valence-electron chi connectivity index (χ1n) is 12.1. The summed E-state index contributed by atoms with van der Waals surface area (Å²) in [6, 6.07) is 9.09. The number of fused-ring (bicyclic) bond motifs is 3. The van der Waals surface area contributed by atoms with Crippen molar-refractivity contribution < 1.29 is 14.0 Å². The van der Waals surface area contributed by atoms with Crippen molar-refractivity contribution in [1.82, 2.24) is 9.80 Å². The number of halogens is 2. The average molecular weight is 550 g/mol. The molecule has 9 heteroatoms. The number of hydrogen-bond acceptors (Lipinski definition) is 7. The van der Waals surface area contributed by atoms with Gasteiger partial charge in [0.1, 0.15) is 5.76 Å². The molecule has 0 bridgehead atoms. The number of hydrogen-bond donors (Lipinski definition) is 2. The molecule has 202 valence electrons. The normalized spacial score (nSPS) is 12.8. The van der Waals surface area contributed by atoms with Gasteiger partial charge in [-0.15, -0.1) is 24.8 Å². The van der Waals surface area contributed by atoms with Crippen LogP contribution >= 0.6 is 24.8 Å². The van der Waals surface area contributed by atoms with Crippen molar-refractivity contribution in [2.75, 3.05) is 65.0 Å². The van der Waals surface area contributed by atoms with Gasteiger partial charge in [-0.05, 0) is 34.3 Å². The highest BCUT2D eigenvalue weighted by molar-refractivity contribution is 6.34. The number of rotatable bonds is 8. The zero-order chi connectivity index (χ0) is 25.5. The third kappa shape index (κ3) is 5.96. The zero-order valence-electron chi connectivity index (χ0n) is 22.7. The largest absolute Gasteiger partial charge is 0.458 e. The molecule has 1 aliphatic rings. The van der Waals surface area contributed by atoms with Gasteiger partial charge in [0.05, 0.1) is 22.5 Å². The van der Waals surface area contributed by atoms with Gasteiger partial charge in [-0.1, -0.05) is 45.0 Å². The summed E-state index contributed by atoms with van der Waals surface area (Å²) in [4.78, 5) is 31.9. The molecule has 0 spiro atoms. The molecule has 0 fully saturated rings. The Balaban J connectivity index is 0.00000241. The minimum atomic E-state index is -0.238. The number of ketones is 2. The van der Waals surface area contributed by atoms with Crippen LogP contribution in [0.1, 0.15) is 58.4 Å². The molecule has 0 amide bonds. The van der Waals surface area contributed by atoms with Crippen molar-refractivity contribution in [3.8, 4) is 0 Å². The number of likely N-dealkylation sites (N-methyl/N-ethyl adjacent to an activating group) is 2. The molecule has 0 radical (unpaired) electrons. The van der Waals surface area contributed by atoms with E-state index in [1.807, 2.05) is 34.3 Å². The predicted octanol–water partition coefficient (Wildman–Crippen LogP) is 5.30. The maximum atomic E-state index is 13.9. The Hall–Kier alpha value is -2.58. The van der Waals surface area contributed by atoms with Gasteiger partial charge in [-0.3, -0.25) is 9.59 Å². The summed E-state index contributed by atoms with van der Waals surface area (Å²) < 4.78 is 6.44. The van der Waals surface area contributed by atoms with Gasteiger partial charge in [0, 0.05) is 48.1 Å². The fourth-order valence-electron chi connectivity index (χ4n) is 4.39. The van der Waals surface area contributed by atoms with Crippen molar-refractivity contribution in [1.29, 1.82) is 0 Å². The predicted molar refractivity (Wildman–Crippen MR) is 157 cm³/mol. The number of furan rings is 1. The van der Waals surface area contributed by atoms with Crippen molar-refractivity contribution in [2.24, 2.45) is 0 Å². The van der Waals surface area contributed by atoms with E-state index in [0.29, 0.717) is 52.3 Å². The van der Waals surface area contributed by atoms with Crippen LogP contribution < -0.4 is 10.6 Å². The lowest BCUT2D eigenvalue weighted by molar-refractivity contribution is 0.0980. The van der Waals surface area contributed by atoms with Crippen molar-refractivity contribution >= 4 is 58.7 Å². The van der Waals surface area contributed by atoms with Gasteiger partial charge in [0.25, 0.3) is 0 Å². The van der Waals surface area contributed by atoms with Crippen LogP contribution in [0.4, 0.5) is 11.4 Å². The molecule has 0 unspecified atom stereocenters. The summed E-state index contributed by atoms with van der Waals surface area (Å²) in [7, 11) is 8.01. The lowest BCUT2D eigenvalue weighted by atomic mass is 9.81. The Morgan fingerprint density at radius 1 is 0.784 bits per heavy atom. The van der Waals surface area contributed by atoms with Crippen LogP contribution in [-0.2, 0) is 5.41 Å². The molecule has 0 aliphatic heterocycles. The van der Waals surface area contributed by atoms with E-state index in [2.05, 4.69) is 41.2 Å². The van der Waals surface area contributed by atoms with E-state index >= 15 is 0 Å². The minimum absolute atomic E-state index is 0. The Morgan fingerprint density at radius 3 is 1.70 bits per heavy atom. The molecular formula is C28H38Cl2N4O3. The third-order valence-corrected chi connectivity index (χ3v) is 6.31. The number of nitrogens with one attached hydrogen (secondary N) is 2. The summed E-state index contributed by atoms with van der Waals surface area (Å²) in [6.45, 7) is 9.06. The van der Waals surface area contributed by atoms with Gasteiger partial charge in [0.15, 0.2) is 17.1 Å². The average Bonchev–Trinajstić information content (AvgIpc) is 3.24.